The van der Waals surface area contributed by atoms with Gasteiger partial charge < -0.3 is 20.2 Å². The summed E-state index contributed by atoms with van der Waals surface area (Å²) in [6, 6.07) is 20.1. The number of anilines is 1. The number of aromatic nitrogens is 2. The summed E-state index contributed by atoms with van der Waals surface area (Å²) in [6.07, 6.45) is 1.51. The maximum atomic E-state index is 8.75. The Balaban J connectivity index is 1.88. The van der Waals surface area contributed by atoms with Gasteiger partial charge in [-0.3, -0.25) is 5.41 Å². The Morgan fingerprint density at radius 2 is 1.68 bits per heavy atom. The highest BCUT2D eigenvalue weighted by atomic mass is 16.5. The van der Waals surface area contributed by atoms with E-state index in [1.54, 1.807) is 0 Å². The number of hydrogen-bond donors (Lipinski definition) is 3. The third kappa shape index (κ3) is 2.40. The molecule has 1 aromatic heterocycles. The van der Waals surface area contributed by atoms with E-state index < -0.39 is 6.48 Å². The summed E-state index contributed by atoms with van der Waals surface area (Å²) < 4.78 is 6.36. The number of imidazole rings is 1. The third-order valence-corrected chi connectivity index (χ3v) is 4.83. The van der Waals surface area contributed by atoms with Gasteiger partial charge in [0.05, 0.1) is 6.33 Å². The zero-order valence-corrected chi connectivity index (χ0v) is 13.7. The van der Waals surface area contributed by atoms with E-state index >= 15 is 0 Å². The molecule has 3 aromatic rings. The van der Waals surface area contributed by atoms with Crippen LogP contribution in [0.5, 0.6) is 0 Å². The first-order valence-electron chi connectivity index (χ1n) is 8.28. The molecule has 6 nitrogen and oxygen atoms in total. The van der Waals surface area contributed by atoms with Crippen molar-refractivity contribution in [2.75, 3.05) is 18.9 Å². The van der Waals surface area contributed by atoms with Crippen LogP contribution in [0.4, 0.5) is 5.82 Å². The summed E-state index contributed by atoms with van der Waals surface area (Å²) in [5, 5.41) is 8.75. The molecule has 0 atom stereocenters. The molecule has 1 fully saturated rings. The molecule has 1 saturated heterocycles. The quantitative estimate of drug-likeness (QED) is 0.378. The summed E-state index contributed by atoms with van der Waals surface area (Å²) >= 11 is 0. The van der Waals surface area contributed by atoms with Crippen LogP contribution in [0.2, 0.25) is 0 Å². The lowest BCUT2D eigenvalue weighted by Crippen LogP contribution is -2.69. The highest BCUT2D eigenvalue weighted by Crippen LogP contribution is 2.23. The molecule has 0 amide bonds. The van der Waals surface area contributed by atoms with Crippen LogP contribution in [0, 0.1) is 5.41 Å². The largest absolute Gasteiger partial charge is 0.565 e. The third-order valence-electron chi connectivity index (χ3n) is 4.83. The average molecular weight is 332 g/mol. The molecule has 0 spiro atoms. The summed E-state index contributed by atoms with van der Waals surface area (Å²) in [7, 11) is 0. The molecular formula is C18H19BN5O-. The van der Waals surface area contributed by atoms with Crippen molar-refractivity contribution in [3.8, 4) is 0 Å². The van der Waals surface area contributed by atoms with E-state index in [4.69, 9.17) is 15.8 Å². The number of benzene rings is 2. The minimum atomic E-state index is -1.71. The molecule has 2 heterocycles. The lowest BCUT2D eigenvalue weighted by atomic mass is 9.40. The molecule has 0 radical (unpaired) electrons. The highest BCUT2D eigenvalue weighted by molar-refractivity contribution is 6.97. The van der Waals surface area contributed by atoms with Gasteiger partial charge in [0.2, 0.25) is 0 Å². The minimum Gasteiger partial charge on any atom is -0.565 e. The Morgan fingerprint density at radius 3 is 2.20 bits per heavy atom. The lowest BCUT2D eigenvalue weighted by molar-refractivity contribution is 0.367. The second-order valence-corrected chi connectivity index (χ2v) is 6.14. The fourth-order valence-electron chi connectivity index (χ4n) is 3.70. The molecule has 1 aliphatic rings. The number of nitrogen functional groups attached to an aromatic ring is 1. The Kier molecular flexibility index (Phi) is 3.78. The number of nitrogens with two attached hydrogens (primary N) is 1. The molecular weight excluding hydrogens is 313 g/mol. The number of hydrogen-bond acceptors (Lipinski definition) is 4. The normalized spacial score (nSPS) is 16.1. The number of nitrogens with one attached hydrogen (secondary N) is 2. The van der Waals surface area contributed by atoms with E-state index in [0.717, 1.165) is 10.9 Å². The van der Waals surface area contributed by atoms with Gasteiger partial charge in [-0.15, -0.1) is 0 Å². The Bertz CT molecular complexity index is 841. The highest BCUT2D eigenvalue weighted by Gasteiger charge is 2.41. The van der Waals surface area contributed by atoms with Crippen molar-refractivity contribution in [3.63, 3.8) is 0 Å². The fraction of sp³-hybridized carbons (Fsp3) is 0.111. The number of H-pyrrole nitrogens is 1. The van der Waals surface area contributed by atoms with Crippen LogP contribution >= 0.6 is 0 Å². The summed E-state index contributed by atoms with van der Waals surface area (Å²) in [5.41, 5.74) is 8.52. The van der Waals surface area contributed by atoms with Gasteiger partial charge in [0.1, 0.15) is 11.5 Å². The van der Waals surface area contributed by atoms with Gasteiger partial charge in [-0.05, 0) is 0 Å². The molecule has 126 valence electrons. The van der Waals surface area contributed by atoms with Crippen LogP contribution in [0.15, 0.2) is 67.0 Å². The van der Waals surface area contributed by atoms with Gasteiger partial charge in [0.25, 0.3) is 6.48 Å². The van der Waals surface area contributed by atoms with Crippen LogP contribution < -0.4 is 16.7 Å². The van der Waals surface area contributed by atoms with E-state index in [2.05, 4.69) is 34.2 Å². The summed E-state index contributed by atoms with van der Waals surface area (Å²) in [4.78, 5) is 8.99. The molecule has 0 unspecified atom stereocenters. The van der Waals surface area contributed by atoms with Gasteiger partial charge >= 0.3 is 0 Å². The van der Waals surface area contributed by atoms with Crippen LogP contribution in [0.25, 0.3) is 0 Å². The van der Waals surface area contributed by atoms with Crippen molar-refractivity contribution in [1.82, 2.24) is 14.8 Å². The molecule has 4 N–H and O–H groups in total. The van der Waals surface area contributed by atoms with Gasteiger partial charge in [-0.2, -0.15) is 10.9 Å². The van der Waals surface area contributed by atoms with E-state index in [0.29, 0.717) is 30.5 Å². The van der Waals surface area contributed by atoms with Crippen LogP contribution in [-0.2, 0) is 4.65 Å². The second kappa shape index (κ2) is 6.10. The monoisotopic (exact) mass is 332 g/mol. The molecule has 7 heteroatoms. The first kappa shape index (κ1) is 15.5. The molecule has 4 rings (SSSR count). The molecule has 0 saturated carbocycles. The van der Waals surface area contributed by atoms with Crippen molar-refractivity contribution < 1.29 is 4.65 Å². The molecule has 0 bridgehead atoms. The molecule has 0 aliphatic carbocycles. The number of aromatic amines is 1. The first-order valence-corrected chi connectivity index (χ1v) is 8.28. The second-order valence-electron chi connectivity index (χ2n) is 6.14. The van der Waals surface area contributed by atoms with E-state index in [1.807, 2.05) is 41.2 Å². The van der Waals surface area contributed by atoms with E-state index in [-0.39, 0.29) is 0 Å². The predicted octanol–water partition coefficient (Wildman–Crippen LogP) is 0.906. The topological polar surface area (TPSA) is 91.0 Å². The van der Waals surface area contributed by atoms with Crippen molar-refractivity contribution in [1.29, 1.82) is 5.41 Å². The maximum absolute atomic E-state index is 8.75. The molecule has 1 aliphatic heterocycles. The standard InChI is InChI=1S/C18H19BN5O/c20-17-16(22-13-23-17)18(21)24-11-12-25-19(24,14-7-3-1-4-8-14)15-9-5-2-6-10-15/h1-10,13,21H,11-12,20H2,(H,22,23)/q-1. The maximum Gasteiger partial charge on any atom is 0.269 e. The molecule has 2 aromatic carbocycles. The van der Waals surface area contributed by atoms with Crippen molar-refractivity contribution in [2.24, 2.45) is 0 Å². The minimum absolute atomic E-state index is 0.292. The fourth-order valence-corrected chi connectivity index (χ4v) is 3.70. The van der Waals surface area contributed by atoms with Crippen LogP contribution in [0.3, 0.4) is 0 Å². The van der Waals surface area contributed by atoms with Crippen molar-refractivity contribution in [2.45, 2.75) is 0 Å². The summed E-state index contributed by atoms with van der Waals surface area (Å²) in [6.45, 7) is -0.559. The van der Waals surface area contributed by atoms with Crippen molar-refractivity contribution >= 4 is 29.1 Å². The molecule has 25 heavy (non-hydrogen) atoms. The number of rotatable bonds is 3. The van der Waals surface area contributed by atoms with Gasteiger partial charge in [0.15, 0.2) is 5.82 Å². The number of amidine groups is 1. The zero-order chi connectivity index (χ0) is 17.3. The first-order chi connectivity index (χ1) is 12.2. The van der Waals surface area contributed by atoms with Crippen LogP contribution in [0.1, 0.15) is 5.69 Å². The van der Waals surface area contributed by atoms with E-state index in [9.17, 15) is 0 Å². The Labute approximate surface area is 146 Å². The summed E-state index contributed by atoms with van der Waals surface area (Å²) in [5.74, 6) is 0.614. The average Bonchev–Trinajstić information content (AvgIpc) is 3.30. The predicted molar refractivity (Wildman–Crippen MR) is 100 cm³/mol. The lowest BCUT2D eigenvalue weighted by Gasteiger charge is -2.46. The Hall–Kier alpha value is -3.06. The van der Waals surface area contributed by atoms with Crippen LogP contribution in [-0.4, -0.2) is 40.2 Å². The number of nitrogens with zero attached hydrogens (tertiary/aromatic N) is 2. The van der Waals surface area contributed by atoms with E-state index in [1.165, 1.54) is 6.33 Å². The van der Waals surface area contributed by atoms with Crippen molar-refractivity contribution in [3.05, 3.63) is 72.7 Å². The van der Waals surface area contributed by atoms with Gasteiger partial charge in [-0.25, -0.2) is 4.98 Å². The zero-order valence-electron chi connectivity index (χ0n) is 13.7. The SMILES string of the molecule is N=C(c1[nH]cnc1N)N1CCO[B-]1(c1ccccc1)c1ccccc1. The van der Waals surface area contributed by atoms with Gasteiger partial charge in [0, 0.05) is 13.2 Å². The van der Waals surface area contributed by atoms with Gasteiger partial charge in [-0.1, -0.05) is 60.7 Å². The smallest absolute Gasteiger partial charge is 0.269 e. The Morgan fingerprint density at radius 1 is 1.08 bits per heavy atom.